The second kappa shape index (κ2) is 8.55. The Kier molecular flexibility index (Phi) is 6.70. The van der Waals surface area contributed by atoms with Crippen molar-refractivity contribution in [1.82, 2.24) is 9.62 Å². The summed E-state index contributed by atoms with van der Waals surface area (Å²) in [6.45, 7) is 4.23. The molecule has 1 aliphatic heterocycles. The molecule has 1 aliphatic rings. The maximum atomic E-state index is 11.0. The van der Waals surface area contributed by atoms with Crippen molar-refractivity contribution in [2.75, 3.05) is 50.4 Å². The van der Waals surface area contributed by atoms with Crippen molar-refractivity contribution in [2.45, 2.75) is 6.42 Å². The first-order valence-electron chi connectivity index (χ1n) is 7.85. The molecular formula is C15H24ClN5O2S. The predicted molar refractivity (Wildman–Crippen MR) is 99.2 cm³/mol. The van der Waals surface area contributed by atoms with Gasteiger partial charge in [0.25, 0.3) is 0 Å². The number of nitrogens with zero attached hydrogens (tertiary/aromatic N) is 3. The standard InChI is InChI=1S/C15H24ClN5O2S/c1-24(22,23)19-8-2-7-18-15(17)21-11-9-20(10-12-21)14-5-3-13(16)4-6-14/h3-6,19H,2,7-12H2,1H3,(H2,17,18). The molecule has 9 heteroatoms. The third-order valence-electron chi connectivity index (χ3n) is 3.77. The van der Waals surface area contributed by atoms with Gasteiger partial charge in [-0.15, -0.1) is 0 Å². The molecule has 0 aliphatic carbocycles. The number of nitrogens with two attached hydrogens (primary N) is 1. The third-order valence-corrected chi connectivity index (χ3v) is 4.75. The Morgan fingerprint density at radius 2 is 1.88 bits per heavy atom. The third kappa shape index (κ3) is 6.18. The van der Waals surface area contributed by atoms with Crippen molar-refractivity contribution < 1.29 is 8.42 Å². The Hall–Kier alpha value is -1.51. The number of hydrogen-bond acceptors (Lipinski definition) is 4. The minimum Gasteiger partial charge on any atom is -0.370 e. The van der Waals surface area contributed by atoms with E-state index in [1.807, 2.05) is 24.3 Å². The lowest BCUT2D eigenvalue weighted by atomic mass is 10.2. The molecule has 0 spiro atoms. The summed E-state index contributed by atoms with van der Waals surface area (Å²) in [6.07, 6.45) is 1.77. The highest BCUT2D eigenvalue weighted by atomic mass is 35.5. The Morgan fingerprint density at radius 1 is 1.25 bits per heavy atom. The van der Waals surface area contributed by atoms with Crippen LogP contribution in [0.2, 0.25) is 5.02 Å². The van der Waals surface area contributed by atoms with Gasteiger partial charge in [-0.1, -0.05) is 11.6 Å². The number of anilines is 1. The van der Waals surface area contributed by atoms with Crippen molar-refractivity contribution in [3.8, 4) is 0 Å². The molecule has 2 rings (SSSR count). The van der Waals surface area contributed by atoms with E-state index in [-0.39, 0.29) is 0 Å². The van der Waals surface area contributed by atoms with Gasteiger partial charge in [0.05, 0.1) is 6.26 Å². The van der Waals surface area contributed by atoms with Gasteiger partial charge in [-0.25, -0.2) is 13.1 Å². The van der Waals surface area contributed by atoms with Crippen molar-refractivity contribution in [1.29, 1.82) is 0 Å². The summed E-state index contributed by atoms with van der Waals surface area (Å²) in [5.41, 5.74) is 7.18. The van der Waals surface area contributed by atoms with Crippen LogP contribution < -0.4 is 15.4 Å². The molecule has 0 unspecified atom stereocenters. The van der Waals surface area contributed by atoms with Crippen LogP contribution >= 0.6 is 11.6 Å². The first-order chi connectivity index (χ1) is 11.3. The van der Waals surface area contributed by atoms with E-state index in [0.717, 1.165) is 43.1 Å². The molecule has 1 saturated heterocycles. The number of aliphatic imine (C=N–C) groups is 1. The fourth-order valence-electron chi connectivity index (χ4n) is 2.48. The fourth-order valence-corrected chi connectivity index (χ4v) is 3.12. The summed E-state index contributed by atoms with van der Waals surface area (Å²) in [5, 5.41) is 0.735. The van der Waals surface area contributed by atoms with E-state index in [1.165, 1.54) is 0 Å². The van der Waals surface area contributed by atoms with Crippen molar-refractivity contribution in [3.63, 3.8) is 0 Å². The predicted octanol–water partition coefficient (Wildman–Crippen LogP) is 0.716. The minimum atomic E-state index is -3.13. The summed E-state index contributed by atoms with van der Waals surface area (Å²) in [7, 11) is -3.13. The van der Waals surface area contributed by atoms with Crippen LogP contribution in [0.3, 0.4) is 0 Å². The van der Waals surface area contributed by atoms with Gasteiger partial charge in [0.15, 0.2) is 5.96 Å². The molecule has 0 saturated carbocycles. The highest BCUT2D eigenvalue weighted by Gasteiger charge is 2.18. The lowest BCUT2D eigenvalue weighted by Crippen LogP contribution is -2.51. The highest BCUT2D eigenvalue weighted by Crippen LogP contribution is 2.19. The smallest absolute Gasteiger partial charge is 0.208 e. The van der Waals surface area contributed by atoms with E-state index in [4.69, 9.17) is 17.3 Å². The Labute approximate surface area is 148 Å². The van der Waals surface area contributed by atoms with Crippen LogP contribution in [-0.4, -0.2) is 64.8 Å². The Morgan fingerprint density at radius 3 is 2.46 bits per heavy atom. The SMILES string of the molecule is CS(=O)(=O)NCCCN=C(N)N1CCN(c2ccc(Cl)cc2)CC1. The summed E-state index contributed by atoms with van der Waals surface area (Å²) < 4.78 is 24.3. The van der Waals surface area contributed by atoms with Crippen LogP contribution in [0.25, 0.3) is 0 Å². The summed E-state index contributed by atoms with van der Waals surface area (Å²) in [4.78, 5) is 8.67. The maximum Gasteiger partial charge on any atom is 0.208 e. The molecule has 0 bridgehead atoms. The fraction of sp³-hybridized carbons (Fsp3) is 0.533. The maximum absolute atomic E-state index is 11.0. The quantitative estimate of drug-likeness (QED) is 0.435. The van der Waals surface area contributed by atoms with Gasteiger partial charge in [0, 0.05) is 50.0 Å². The van der Waals surface area contributed by atoms with Gasteiger partial charge in [0.1, 0.15) is 0 Å². The lowest BCUT2D eigenvalue weighted by Gasteiger charge is -2.36. The molecule has 0 atom stereocenters. The monoisotopic (exact) mass is 373 g/mol. The molecule has 134 valence electrons. The molecular weight excluding hydrogens is 350 g/mol. The summed E-state index contributed by atoms with van der Waals surface area (Å²) in [6, 6.07) is 7.82. The van der Waals surface area contributed by atoms with Crippen LogP contribution in [0.15, 0.2) is 29.3 Å². The topological polar surface area (TPSA) is 91.0 Å². The van der Waals surface area contributed by atoms with E-state index in [0.29, 0.717) is 25.5 Å². The van der Waals surface area contributed by atoms with Crippen molar-refractivity contribution in [3.05, 3.63) is 29.3 Å². The number of benzene rings is 1. The zero-order chi connectivity index (χ0) is 17.6. The van der Waals surface area contributed by atoms with E-state index < -0.39 is 10.0 Å². The lowest BCUT2D eigenvalue weighted by molar-refractivity contribution is 0.380. The minimum absolute atomic E-state index is 0.375. The van der Waals surface area contributed by atoms with Crippen molar-refractivity contribution in [2.24, 2.45) is 10.7 Å². The van der Waals surface area contributed by atoms with Crippen molar-refractivity contribution >= 4 is 33.3 Å². The van der Waals surface area contributed by atoms with E-state index in [9.17, 15) is 8.42 Å². The van der Waals surface area contributed by atoms with E-state index in [2.05, 4.69) is 19.5 Å². The molecule has 1 heterocycles. The first-order valence-corrected chi connectivity index (χ1v) is 10.1. The molecule has 0 radical (unpaired) electrons. The first kappa shape index (κ1) is 18.8. The molecule has 3 N–H and O–H groups in total. The van der Waals surface area contributed by atoms with Gasteiger partial charge in [-0.3, -0.25) is 4.99 Å². The van der Waals surface area contributed by atoms with Crippen LogP contribution in [0.5, 0.6) is 0 Å². The van der Waals surface area contributed by atoms with Gasteiger partial charge in [-0.05, 0) is 30.7 Å². The molecule has 1 aromatic rings. The average molecular weight is 374 g/mol. The van der Waals surface area contributed by atoms with Crippen LogP contribution in [-0.2, 0) is 10.0 Å². The number of guanidine groups is 1. The van der Waals surface area contributed by atoms with Gasteiger partial charge < -0.3 is 15.5 Å². The zero-order valence-corrected chi connectivity index (χ0v) is 15.4. The summed E-state index contributed by atoms with van der Waals surface area (Å²) in [5.74, 6) is 0.519. The summed E-state index contributed by atoms with van der Waals surface area (Å²) >= 11 is 5.91. The van der Waals surface area contributed by atoms with Crippen LogP contribution in [0.4, 0.5) is 5.69 Å². The molecule has 24 heavy (non-hydrogen) atoms. The second-order valence-corrected chi connectivity index (χ2v) is 7.98. The Bertz CT molecular complexity index is 655. The zero-order valence-electron chi connectivity index (χ0n) is 13.8. The van der Waals surface area contributed by atoms with E-state index >= 15 is 0 Å². The average Bonchev–Trinajstić information content (AvgIpc) is 2.54. The number of halogens is 1. The molecule has 1 aromatic carbocycles. The van der Waals surface area contributed by atoms with Gasteiger partial charge in [0.2, 0.25) is 10.0 Å². The molecule has 1 fully saturated rings. The largest absolute Gasteiger partial charge is 0.370 e. The molecule has 0 amide bonds. The highest BCUT2D eigenvalue weighted by molar-refractivity contribution is 7.88. The number of piperazine rings is 1. The Balaban J connectivity index is 1.74. The second-order valence-electron chi connectivity index (χ2n) is 5.71. The van der Waals surface area contributed by atoms with Crippen LogP contribution in [0.1, 0.15) is 6.42 Å². The van der Waals surface area contributed by atoms with E-state index in [1.54, 1.807) is 0 Å². The number of nitrogens with one attached hydrogen (secondary N) is 1. The van der Waals surface area contributed by atoms with Gasteiger partial charge >= 0.3 is 0 Å². The number of sulfonamides is 1. The van der Waals surface area contributed by atoms with Gasteiger partial charge in [-0.2, -0.15) is 0 Å². The van der Waals surface area contributed by atoms with Crippen LogP contribution in [0, 0.1) is 0 Å². The number of hydrogen-bond donors (Lipinski definition) is 2. The number of rotatable bonds is 6. The normalized spacial score (nSPS) is 16.5. The molecule has 7 nitrogen and oxygen atoms in total. The molecule has 0 aromatic heterocycles.